The van der Waals surface area contributed by atoms with E-state index in [1.54, 1.807) is 0 Å². The standard InChI is InChI=1S/C15H29N3O2/c1-11(2)15(20)18-9-8-17-14(19)10-12(3)13-4-6-16-7-5-13/h11-13,16H,4-10H2,1-3H3,(H,17,19)(H,18,20). The summed E-state index contributed by atoms with van der Waals surface area (Å²) in [7, 11) is 0. The normalized spacial score (nSPS) is 17.8. The fourth-order valence-electron chi connectivity index (χ4n) is 2.54. The molecule has 5 nitrogen and oxygen atoms in total. The number of hydrogen-bond acceptors (Lipinski definition) is 3. The van der Waals surface area contributed by atoms with Crippen LogP contribution < -0.4 is 16.0 Å². The fourth-order valence-corrected chi connectivity index (χ4v) is 2.54. The molecule has 1 heterocycles. The van der Waals surface area contributed by atoms with E-state index in [0.717, 1.165) is 13.1 Å². The Morgan fingerprint density at radius 1 is 1.10 bits per heavy atom. The third-order valence-electron chi connectivity index (χ3n) is 3.97. The number of rotatable bonds is 7. The largest absolute Gasteiger partial charge is 0.354 e. The van der Waals surface area contributed by atoms with Crippen LogP contribution >= 0.6 is 0 Å². The van der Waals surface area contributed by atoms with Crippen molar-refractivity contribution < 1.29 is 9.59 Å². The van der Waals surface area contributed by atoms with Gasteiger partial charge >= 0.3 is 0 Å². The number of amides is 2. The van der Waals surface area contributed by atoms with Crippen molar-refractivity contribution in [3.05, 3.63) is 0 Å². The van der Waals surface area contributed by atoms with Gasteiger partial charge in [0, 0.05) is 25.4 Å². The van der Waals surface area contributed by atoms with E-state index in [2.05, 4.69) is 22.9 Å². The third kappa shape index (κ3) is 6.37. The van der Waals surface area contributed by atoms with E-state index in [9.17, 15) is 9.59 Å². The lowest BCUT2D eigenvalue weighted by Gasteiger charge is -2.27. The highest BCUT2D eigenvalue weighted by molar-refractivity contribution is 5.78. The van der Waals surface area contributed by atoms with Gasteiger partial charge in [0.2, 0.25) is 11.8 Å². The van der Waals surface area contributed by atoms with Gasteiger partial charge in [-0.2, -0.15) is 0 Å². The second-order valence-corrected chi connectivity index (χ2v) is 6.06. The van der Waals surface area contributed by atoms with Gasteiger partial charge in [0.05, 0.1) is 0 Å². The summed E-state index contributed by atoms with van der Waals surface area (Å²) in [6, 6.07) is 0. The molecule has 0 aliphatic carbocycles. The number of nitrogens with one attached hydrogen (secondary N) is 3. The summed E-state index contributed by atoms with van der Waals surface area (Å²) in [4.78, 5) is 23.2. The summed E-state index contributed by atoms with van der Waals surface area (Å²) in [5, 5.41) is 9.01. The van der Waals surface area contributed by atoms with Crippen molar-refractivity contribution in [2.24, 2.45) is 17.8 Å². The number of hydrogen-bond donors (Lipinski definition) is 3. The van der Waals surface area contributed by atoms with Crippen LogP contribution in [-0.4, -0.2) is 38.0 Å². The van der Waals surface area contributed by atoms with Crippen LogP contribution in [0.2, 0.25) is 0 Å². The van der Waals surface area contributed by atoms with E-state index in [1.165, 1.54) is 12.8 Å². The minimum Gasteiger partial charge on any atom is -0.354 e. The number of piperidine rings is 1. The van der Waals surface area contributed by atoms with Gasteiger partial charge in [-0.25, -0.2) is 0 Å². The first-order valence-electron chi connectivity index (χ1n) is 7.75. The fraction of sp³-hybridized carbons (Fsp3) is 0.867. The quantitative estimate of drug-likeness (QED) is 0.608. The van der Waals surface area contributed by atoms with E-state index in [1.807, 2.05) is 13.8 Å². The van der Waals surface area contributed by atoms with Gasteiger partial charge in [-0.3, -0.25) is 9.59 Å². The highest BCUT2D eigenvalue weighted by atomic mass is 16.2. The SMILES string of the molecule is CC(C)C(=O)NCCNC(=O)CC(C)C1CCNCC1. The van der Waals surface area contributed by atoms with Crippen LogP contribution in [-0.2, 0) is 9.59 Å². The molecule has 0 radical (unpaired) electrons. The first-order chi connectivity index (χ1) is 9.50. The molecule has 2 amide bonds. The summed E-state index contributed by atoms with van der Waals surface area (Å²) >= 11 is 0. The molecule has 0 aromatic heterocycles. The Hall–Kier alpha value is -1.10. The molecule has 0 bridgehead atoms. The molecule has 3 N–H and O–H groups in total. The Balaban J connectivity index is 2.11. The van der Waals surface area contributed by atoms with Crippen molar-refractivity contribution in [3.8, 4) is 0 Å². The Morgan fingerprint density at radius 2 is 1.70 bits per heavy atom. The Bertz CT molecular complexity index is 312. The van der Waals surface area contributed by atoms with Crippen LogP contribution in [0, 0.1) is 17.8 Å². The zero-order valence-electron chi connectivity index (χ0n) is 13.0. The second kappa shape index (κ2) is 8.95. The first-order valence-corrected chi connectivity index (χ1v) is 7.75. The zero-order chi connectivity index (χ0) is 15.0. The van der Waals surface area contributed by atoms with Crippen LogP contribution in [0.25, 0.3) is 0 Å². The summed E-state index contributed by atoms with van der Waals surface area (Å²) in [5.74, 6) is 1.20. The third-order valence-corrected chi connectivity index (χ3v) is 3.97. The molecule has 116 valence electrons. The van der Waals surface area contributed by atoms with Crippen molar-refractivity contribution in [3.63, 3.8) is 0 Å². The predicted molar refractivity (Wildman–Crippen MR) is 80.2 cm³/mol. The molecule has 0 aromatic rings. The average Bonchev–Trinajstić information content (AvgIpc) is 2.44. The van der Waals surface area contributed by atoms with Crippen LogP contribution in [0.4, 0.5) is 0 Å². The molecule has 1 rings (SSSR count). The molecule has 20 heavy (non-hydrogen) atoms. The van der Waals surface area contributed by atoms with Gasteiger partial charge in [0.1, 0.15) is 0 Å². The van der Waals surface area contributed by atoms with Crippen molar-refractivity contribution >= 4 is 11.8 Å². The minimum absolute atomic E-state index is 0.00867. The van der Waals surface area contributed by atoms with Crippen LogP contribution in [0.15, 0.2) is 0 Å². The van der Waals surface area contributed by atoms with Crippen LogP contribution in [0.1, 0.15) is 40.0 Å². The highest BCUT2D eigenvalue weighted by Crippen LogP contribution is 2.23. The summed E-state index contributed by atoms with van der Waals surface area (Å²) in [6.45, 7) is 9.02. The molecule has 1 atom stereocenters. The monoisotopic (exact) mass is 283 g/mol. The molecule has 1 aliphatic rings. The molecule has 5 heteroatoms. The lowest BCUT2D eigenvalue weighted by molar-refractivity contribution is -0.125. The number of carbonyl (C=O) groups excluding carboxylic acids is 2. The lowest BCUT2D eigenvalue weighted by atomic mass is 9.84. The molecule has 0 aromatic carbocycles. The molecule has 0 saturated carbocycles. The maximum atomic E-state index is 11.8. The van der Waals surface area contributed by atoms with E-state index < -0.39 is 0 Å². The van der Waals surface area contributed by atoms with Crippen molar-refractivity contribution in [2.75, 3.05) is 26.2 Å². The lowest BCUT2D eigenvalue weighted by Crippen LogP contribution is -2.37. The first kappa shape index (κ1) is 17.0. The summed E-state index contributed by atoms with van der Waals surface area (Å²) < 4.78 is 0. The van der Waals surface area contributed by atoms with Gasteiger partial charge in [-0.1, -0.05) is 20.8 Å². The summed E-state index contributed by atoms with van der Waals surface area (Å²) in [6.07, 6.45) is 2.92. The molecular weight excluding hydrogens is 254 g/mol. The van der Waals surface area contributed by atoms with E-state index in [4.69, 9.17) is 0 Å². The van der Waals surface area contributed by atoms with E-state index in [-0.39, 0.29) is 17.7 Å². The average molecular weight is 283 g/mol. The molecule has 1 saturated heterocycles. The van der Waals surface area contributed by atoms with Gasteiger partial charge in [-0.15, -0.1) is 0 Å². The van der Waals surface area contributed by atoms with Gasteiger partial charge in [0.15, 0.2) is 0 Å². The molecular formula is C15H29N3O2. The van der Waals surface area contributed by atoms with Crippen molar-refractivity contribution in [2.45, 2.75) is 40.0 Å². The van der Waals surface area contributed by atoms with Gasteiger partial charge in [-0.05, 0) is 37.8 Å². The van der Waals surface area contributed by atoms with Crippen molar-refractivity contribution in [1.29, 1.82) is 0 Å². The predicted octanol–water partition coefficient (Wildman–Crippen LogP) is 0.901. The Kier molecular flexibility index (Phi) is 7.59. The van der Waals surface area contributed by atoms with Gasteiger partial charge < -0.3 is 16.0 Å². The van der Waals surface area contributed by atoms with E-state index >= 15 is 0 Å². The maximum Gasteiger partial charge on any atom is 0.222 e. The number of carbonyl (C=O) groups is 2. The topological polar surface area (TPSA) is 70.2 Å². The smallest absolute Gasteiger partial charge is 0.222 e. The van der Waals surface area contributed by atoms with Crippen LogP contribution in [0.3, 0.4) is 0 Å². The second-order valence-electron chi connectivity index (χ2n) is 6.06. The molecule has 0 spiro atoms. The Labute approximate surface area is 122 Å². The zero-order valence-corrected chi connectivity index (χ0v) is 13.0. The molecule has 1 aliphatic heterocycles. The minimum atomic E-state index is -0.00867. The summed E-state index contributed by atoms with van der Waals surface area (Å²) in [5.41, 5.74) is 0. The van der Waals surface area contributed by atoms with Crippen molar-refractivity contribution in [1.82, 2.24) is 16.0 Å². The van der Waals surface area contributed by atoms with Gasteiger partial charge in [0.25, 0.3) is 0 Å². The maximum absolute atomic E-state index is 11.8. The molecule has 1 fully saturated rings. The highest BCUT2D eigenvalue weighted by Gasteiger charge is 2.21. The Morgan fingerprint density at radius 3 is 2.30 bits per heavy atom. The van der Waals surface area contributed by atoms with Crippen LogP contribution in [0.5, 0.6) is 0 Å². The van der Waals surface area contributed by atoms with E-state index in [0.29, 0.717) is 31.3 Å². The molecule has 1 unspecified atom stereocenters.